The Balaban J connectivity index is 0.000000213. The Morgan fingerprint density at radius 3 is 2.44 bits per heavy atom. The molecule has 2 saturated heterocycles. The van der Waals surface area contributed by atoms with Gasteiger partial charge < -0.3 is 29.1 Å². The van der Waals surface area contributed by atoms with Gasteiger partial charge in [0.25, 0.3) is 5.56 Å². The first-order valence-electron chi connectivity index (χ1n) is 18.6. The van der Waals surface area contributed by atoms with E-state index in [1.165, 1.54) is 29.4 Å². The maximum absolute atomic E-state index is 14.5. The number of nitrogens with one attached hydrogen (secondary N) is 1. The second kappa shape index (κ2) is 18.1. The number of anilines is 2. The van der Waals surface area contributed by atoms with Crippen LogP contribution in [0.5, 0.6) is 11.5 Å². The van der Waals surface area contributed by atoms with E-state index in [1.807, 2.05) is 26.0 Å². The number of nitrogen functional groups attached to an aromatic ring is 1. The Kier molecular flexibility index (Phi) is 13.8. The Morgan fingerprint density at radius 2 is 1.81 bits per heavy atom. The zero-order valence-corrected chi connectivity index (χ0v) is 34.6. The fourth-order valence-corrected chi connectivity index (χ4v) is 7.09. The van der Waals surface area contributed by atoms with Gasteiger partial charge in [0.1, 0.15) is 23.2 Å². The largest absolute Gasteiger partial charge is 1.00 e. The molecule has 3 aliphatic rings. The summed E-state index contributed by atoms with van der Waals surface area (Å²) < 4.78 is 43.5. The topological polar surface area (TPSA) is 170 Å². The van der Waals surface area contributed by atoms with Gasteiger partial charge >= 0.3 is 35.6 Å². The van der Waals surface area contributed by atoms with Gasteiger partial charge in [-0.25, -0.2) is 18.6 Å². The number of hydrogen-bond donors (Lipinski definition) is 2. The monoisotopic (exact) mass is 789 g/mol. The predicted molar refractivity (Wildman–Crippen MR) is 208 cm³/mol. The summed E-state index contributed by atoms with van der Waals surface area (Å²) in [5.74, 6) is -0.686. The van der Waals surface area contributed by atoms with Crippen LogP contribution in [0.3, 0.4) is 0 Å². The molecule has 3 fully saturated rings. The number of fused-ring (bicyclic) bond motifs is 2. The van der Waals surface area contributed by atoms with Crippen LogP contribution in [-0.2, 0) is 16.6 Å². The molecule has 294 valence electrons. The maximum atomic E-state index is 14.5. The van der Waals surface area contributed by atoms with Crippen molar-refractivity contribution in [3.63, 3.8) is 0 Å². The van der Waals surface area contributed by atoms with Gasteiger partial charge in [0.2, 0.25) is 5.91 Å². The van der Waals surface area contributed by atoms with Gasteiger partial charge in [-0.2, -0.15) is 23.2 Å². The number of ether oxygens (including phenoxy) is 2. The van der Waals surface area contributed by atoms with Gasteiger partial charge in [0, 0.05) is 31.0 Å². The van der Waals surface area contributed by atoms with Crippen LogP contribution in [0.2, 0.25) is 0 Å². The molecule has 1 aliphatic carbocycles. The van der Waals surface area contributed by atoms with Crippen LogP contribution in [0.4, 0.5) is 25.1 Å². The minimum atomic E-state index is -0.727. The molecule has 16 heteroatoms. The van der Waals surface area contributed by atoms with E-state index in [2.05, 4.69) is 29.2 Å². The number of halogens is 2. The summed E-state index contributed by atoms with van der Waals surface area (Å²) >= 11 is 0. The van der Waals surface area contributed by atoms with Crippen LogP contribution in [0, 0.1) is 36.8 Å². The van der Waals surface area contributed by atoms with E-state index < -0.39 is 17.4 Å². The zero-order valence-electron chi connectivity index (χ0n) is 32.6. The number of hydrogen-bond acceptors (Lipinski definition) is 9. The number of aryl methyl sites for hydroxylation is 1. The van der Waals surface area contributed by atoms with E-state index in [-0.39, 0.29) is 94.5 Å². The Bertz CT molecular complexity index is 2400. The molecule has 57 heavy (non-hydrogen) atoms. The van der Waals surface area contributed by atoms with Crippen LogP contribution < -0.4 is 55.8 Å². The Hall–Kier alpha value is -4.88. The molecule has 13 nitrogen and oxygen atoms in total. The molecule has 1 atom stereocenters. The molecule has 2 aromatic heterocycles. The Morgan fingerprint density at radius 1 is 1.07 bits per heavy atom. The summed E-state index contributed by atoms with van der Waals surface area (Å²) in [6, 6.07) is 11.5. The minimum absolute atomic E-state index is 0. The zero-order chi connectivity index (χ0) is 40.3. The van der Waals surface area contributed by atoms with Crippen molar-refractivity contribution >= 4 is 45.2 Å². The summed E-state index contributed by atoms with van der Waals surface area (Å²) in [5.41, 5.74) is 7.05. The van der Waals surface area contributed by atoms with E-state index in [9.17, 15) is 28.4 Å². The van der Waals surface area contributed by atoms with Crippen molar-refractivity contribution in [2.75, 3.05) is 23.8 Å². The Labute approximate surface area is 351 Å². The average Bonchev–Trinajstić information content (AvgIpc) is 3.75. The van der Waals surface area contributed by atoms with Gasteiger partial charge in [-0.3, -0.25) is 29.1 Å². The van der Waals surface area contributed by atoms with Crippen LogP contribution in [0.15, 0.2) is 53.6 Å². The van der Waals surface area contributed by atoms with E-state index in [0.29, 0.717) is 48.0 Å². The molecule has 0 spiro atoms. The quantitative estimate of drug-likeness (QED) is 0.138. The third-order valence-electron chi connectivity index (χ3n) is 10.5. The fourth-order valence-electron chi connectivity index (χ4n) is 7.09. The van der Waals surface area contributed by atoms with Crippen LogP contribution in [0.1, 0.15) is 81.9 Å². The number of nitrogens with zero attached hydrogens (tertiary/aromatic N) is 6. The molecule has 1 saturated carbocycles. The number of aromatic nitrogens is 4. The number of nitrogens with two attached hydrogens (primary N) is 1. The number of rotatable bonds is 7. The minimum Gasteiger partial charge on any atom is -0.453 e. The summed E-state index contributed by atoms with van der Waals surface area (Å²) in [6.45, 7) is 12.5. The first-order valence-corrected chi connectivity index (χ1v) is 18.6. The van der Waals surface area contributed by atoms with Gasteiger partial charge in [0.05, 0.1) is 41.1 Å². The normalized spacial score (nSPS) is 17.4. The molecular formula is C41H44F2N8NaO5-. The number of benzene rings is 3. The molecule has 2 aliphatic heterocycles. The molecule has 0 radical (unpaired) electrons. The molecule has 5 aromatic rings. The van der Waals surface area contributed by atoms with Gasteiger partial charge in [-0.05, 0) is 73.2 Å². The smallest absolute Gasteiger partial charge is 0.453 e. The van der Waals surface area contributed by atoms with Crippen molar-refractivity contribution in [1.82, 2.24) is 24.6 Å². The van der Waals surface area contributed by atoms with E-state index >= 15 is 0 Å². The van der Waals surface area contributed by atoms with Crippen LogP contribution in [-0.4, -0.2) is 50.0 Å². The standard InChI is InChI=1S/C23H21FN4O3.C16H17FN4O2.C2H6.Na/c1-3-23(4-2)10-14(12-30-23)28-13-27-20-8-5-15(9-16(20)22(28)29)31-21-17(11-25)19(26)7-6-18(21)24;1-20-13-8-10(9-3-2-4-9)12(17)7-11(13)15(19-20)21-6-5-14(22)18-16(21)23;1-2;/h5-9,13-14H,1-4,10,12,26H2;7-9H,2-6H2,1H3,(H,18,22,23);1-2H3;/q-2;;;+1. The molecule has 3 N–H and O–H groups in total. The van der Waals surface area contributed by atoms with Crippen molar-refractivity contribution in [3.8, 4) is 17.6 Å². The third-order valence-corrected chi connectivity index (χ3v) is 10.5. The summed E-state index contributed by atoms with van der Waals surface area (Å²) in [7, 11) is 1.78. The first kappa shape index (κ1) is 43.2. The van der Waals surface area contributed by atoms with Crippen LogP contribution in [0.25, 0.3) is 21.8 Å². The molecule has 0 bridgehead atoms. The molecule has 3 aromatic carbocycles. The number of urea groups is 1. The number of carbonyl (C=O) groups excluding carboxylic acids is 2. The van der Waals surface area contributed by atoms with Crippen molar-refractivity contribution in [2.24, 2.45) is 7.05 Å². The van der Waals surface area contributed by atoms with Crippen molar-refractivity contribution < 1.29 is 57.4 Å². The number of carbonyl (C=O) groups is 2. The second-order valence-electron chi connectivity index (χ2n) is 13.8. The molecule has 1 unspecified atom stereocenters. The first-order chi connectivity index (χ1) is 26.9. The van der Waals surface area contributed by atoms with Crippen LogP contribution >= 0.6 is 0 Å². The van der Waals surface area contributed by atoms with Crippen molar-refractivity contribution in [2.45, 2.75) is 76.4 Å². The fraction of sp³-hybridized carbons (Fsp3) is 0.366. The molecule has 8 rings (SSSR count). The van der Waals surface area contributed by atoms with Gasteiger partial charge in [-0.1, -0.05) is 20.3 Å². The van der Waals surface area contributed by atoms with E-state index in [4.69, 9.17) is 15.2 Å². The van der Waals surface area contributed by atoms with E-state index in [1.54, 1.807) is 28.4 Å². The molecule has 4 heterocycles. The number of amides is 3. The molecular weight excluding hydrogens is 745 g/mol. The predicted octanol–water partition coefficient (Wildman–Crippen LogP) is 4.39. The second-order valence-corrected chi connectivity index (χ2v) is 13.8. The maximum Gasteiger partial charge on any atom is 1.00 e. The third kappa shape index (κ3) is 8.55. The average molecular weight is 790 g/mol. The van der Waals surface area contributed by atoms with Gasteiger partial charge in [0.15, 0.2) is 17.4 Å². The van der Waals surface area contributed by atoms with Gasteiger partial charge in [-0.15, -0.1) is 0 Å². The van der Waals surface area contributed by atoms with Crippen molar-refractivity contribution in [1.29, 1.82) is 5.26 Å². The SMILES string of the molecule is CC.Cn1nc(N2CCC(=O)NC2=O)c2cc(F)c(C3CCC3)cc21.[CH2-]CC1(C[CH2-])CC(n2cnc3ccc(Oc4c(F)ccc(N)c4C#N)cc3c2=O)CO1.[Na+]. The summed E-state index contributed by atoms with van der Waals surface area (Å²) in [4.78, 5) is 42.3. The molecule has 3 amide bonds. The number of imide groups is 1. The number of nitriles is 1. The summed E-state index contributed by atoms with van der Waals surface area (Å²) in [6.07, 6.45) is 6.64. The van der Waals surface area contributed by atoms with Crippen molar-refractivity contribution in [3.05, 3.63) is 95.8 Å². The van der Waals surface area contributed by atoms with E-state index in [0.717, 1.165) is 36.4 Å². The summed E-state index contributed by atoms with van der Waals surface area (Å²) in [5, 5.41) is 16.8.